The number of methoxy groups -OCH3 is 5. The standard InChI is InChI=1S/C18H18N2O6S.C18H18N2O5S2.C17H20N2O5S.C15H14O5S.C12H10OS.C3H5BrO2.CCl2O.CCl2S.CH4/c1-25-16(21)18(11-19-17(22)20-12-18)27(23,24)15-9-7-14(8-10-15)26-13-5-3-2-4-6-13;1-24-16(21)18(11-19-17(26)20-12-18)27(22,23)15-9-7-14(8-10-15)25-13-5-3-2-4-6-13;1-23-16(20)17(11-18,12-19)25(21,22)15-9-7-14(8-10-15)24-13-5-3-2-4-6-13;1-19-15(16)11-21(17,18)14-9-7-13(8-10-14)20-12-5-3-2-4-6-12;14-12-8-6-11(7-9-12)13-10-4-2-1-3-5-10;1-6-3(5)2-4;2*2-1(3)4;/h2-10H,11-12H2,1H3,(H2,19,20,22);2-10H,11-12H2,1H3,(H2,19,20,26);2-10H,11-12,18-19H2,1H3;2-10H,11H2,1H3;1-9,14H;2H2,1H3;;;1H4. The summed E-state index contributed by atoms with van der Waals surface area (Å²) < 4.78 is 146. The molecular weight excluding hydrogens is 1960 g/mol. The zero-order chi connectivity index (χ0) is 94.7. The molecule has 2 aliphatic heterocycles. The molecule has 0 atom stereocenters. The molecule has 0 saturated carbocycles. The number of urea groups is 1. The molecule has 2 fully saturated rings. The van der Waals surface area contributed by atoms with Gasteiger partial charge in [0.25, 0.3) is 0 Å². The van der Waals surface area contributed by atoms with Crippen molar-refractivity contribution in [3.63, 3.8) is 0 Å². The highest BCUT2D eigenvalue weighted by Crippen LogP contribution is 2.35. The number of amides is 2. The van der Waals surface area contributed by atoms with Gasteiger partial charge in [0, 0.05) is 31.1 Å². The monoisotopic (exact) mass is 2050 g/mol. The van der Waals surface area contributed by atoms with Gasteiger partial charge in [0.15, 0.2) is 58.7 Å². The molecule has 10 aromatic carbocycles. The fraction of sp³-hybridized carbons (Fsp3) is 0.198. The molecule has 0 unspecified atom stereocenters. The molecule has 129 heavy (non-hydrogen) atoms. The van der Waals surface area contributed by atoms with Crippen LogP contribution < -0.4 is 56.4 Å². The number of ether oxygens (including phenoxy) is 10. The van der Waals surface area contributed by atoms with Gasteiger partial charge in [-0.05, 0) is 217 Å². The Morgan fingerprint density at radius 1 is 0.403 bits per heavy atom. The van der Waals surface area contributed by atoms with Crippen LogP contribution in [-0.4, -0.2) is 183 Å². The minimum absolute atomic E-state index is 0. The van der Waals surface area contributed by atoms with Gasteiger partial charge in [-0.1, -0.05) is 150 Å². The first kappa shape index (κ1) is 110. The van der Waals surface area contributed by atoms with Crippen LogP contribution in [0.1, 0.15) is 7.43 Å². The lowest BCUT2D eigenvalue weighted by Crippen LogP contribution is -2.66. The molecule has 10 aromatic rings. The first-order chi connectivity index (χ1) is 60.8. The van der Waals surface area contributed by atoms with Crippen molar-refractivity contribution in [2.24, 2.45) is 11.5 Å². The summed E-state index contributed by atoms with van der Waals surface area (Å²) in [6.45, 7) is -2.07. The summed E-state index contributed by atoms with van der Waals surface area (Å²) in [7, 11) is -10.2. The molecule has 0 aromatic heterocycles. The molecule has 2 saturated heterocycles. The Morgan fingerprint density at radius 3 is 0.891 bits per heavy atom. The Kier molecular flexibility index (Phi) is 46.6. The lowest BCUT2D eigenvalue weighted by Gasteiger charge is -2.35. The molecule has 31 nitrogen and oxygen atoms in total. The Morgan fingerprint density at radius 2 is 0.651 bits per heavy atom. The molecule has 0 spiro atoms. The van der Waals surface area contributed by atoms with E-state index in [0.29, 0.717) is 46.0 Å². The highest BCUT2D eigenvalue weighted by molar-refractivity contribution is 9.09. The van der Waals surface area contributed by atoms with Crippen LogP contribution in [-0.2, 0) is 87.0 Å². The summed E-state index contributed by atoms with van der Waals surface area (Å²) in [6, 6.07) is 76.3. The van der Waals surface area contributed by atoms with Gasteiger partial charge >= 0.3 is 40.6 Å². The van der Waals surface area contributed by atoms with Gasteiger partial charge < -0.3 is 80.1 Å². The molecule has 0 radical (unpaired) electrons. The zero-order valence-corrected chi connectivity index (χ0v) is 78.7. The third kappa shape index (κ3) is 33.5. The molecule has 0 aliphatic carbocycles. The van der Waals surface area contributed by atoms with E-state index in [-0.39, 0.29) is 73.4 Å². The number of hydrogen-bond donors (Lipinski definition) is 7. The number of esters is 5. The number of alkyl halides is 1. The van der Waals surface area contributed by atoms with Gasteiger partial charge in [0.1, 0.15) is 62.8 Å². The van der Waals surface area contributed by atoms with E-state index in [1.807, 2.05) is 127 Å². The molecular formula is C86H89BrCl4N6O25S7. The van der Waals surface area contributed by atoms with E-state index in [4.69, 9.17) is 84.8 Å². The van der Waals surface area contributed by atoms with E-state index in [9.17, 15) is 62.4 Å². The largest absolute Gasteiger partial charge is 0.468 e. The van der Waals surface area contributed by atoms with Crippen molar-refractivity contribution in [3.8, 4) is 57.5 Å². The van der Waals surface area contributed by atoms with E-state index in [1.54, 1.807) is 60.7 Å². The molecule has 2 amide bonds. The maximum absolute atomic E-state index is 13.2. The Bertz CT molecular complexity index is 5570. The summed E-state index contributed by atoms with van der Waals surface area (Å²) >= 11 is 34.5. The van der Waals surface area contributed by atoms with Crippen molar-refractivity contribution in [2.45, 2.75) is 46.1 Å². The fourth-order valence-electron chi connectivity index (χ4n) is 10.6. The second-order valence-electron chi connectivity index (χ2n) is 25.4. The van der Waals surface area contributed by atoms with Crippen LogP contribution >= 0.6 is 99.4 Å². The van der Waals surface area contributed by atoms with E-state index in [0.717, 1.165) is 44.8 Å². The zero-order valence-electron chi connectivity index (χ0n) is 68.3. The minimum Gasteiger partial charge on any atom is -0.468 e. The number of halogens is 5. The smallest absolute Gasteiger partial charge is 0.331 e. The van der Waals surface area contributed by atoms with Crippen LogP contribution in [0.4, 0.5) is 9.59 Å². The number of para-hydroxylation sites is 5. The Hall–Kier alpha value is -11.0. The molecule has 2 heterocycles. The maximum atomic E-state index is 13.2. The van der Waals surface area contributed by atoms with Gasteiger partial charge in [0.05, 0.1) is 68.2 Å². The number of nitrogens with two attached hydrogens (primary N) is 2. The van der Waals surface area contributed by atoms with E-state index >= 15 is 0 Å². The van der Waals surface area contributed by atoms with Crippen molar-refractivity contribution < 1.29 is 115 Å². The van der Waals surface area contributed by atoms with Gasteiger partial charge in [-0.15, -0.1) is 12.6 Å². The molecule has 2 aliphatic rings. The molecule has 43 heteroatoms. The highest BCUT2D eigenvalue weighted by Gasteiger charge is 2.56. The normalized spacial score (nSPS) is 12.6. The number of benzene rings is 10. The van der Waals surface area contributed by atoms with Gasteiger partial charge in [-0.2, -0.15) is 0 Å². The number of thiocarbonyl (C=S) groups is 2. The number of rotatable bonds is 25. The summed E-state index contributed by atoms with van der Waals surface area (Å²) in [4.78, 5) is 78.9. The topological polar surface area (TPSA) is 449 Å². The van der Waals surface area contributed by atoms with Crippen molar-refractivity contribution in [3.05, 3.63) is 273 Å². The predicted octanol–water partition coefficient (Wildman–Crippen LogP) is 14.9. The quantitative estimate of drug-likeness (QED) is 0.00698. The van der Waals surface area contributed by atoms with Crippen molar-refractivity contribution >= 4 is 188 Å². The van der Waals surface area contributed by atoms with Crippen LogP contribution in [0.2, 0.25) is 0 Å². The number of thiol groups is 1. The third-order valence-electron chi connectivity index (χ3n) is 17.2. The average Bonchev–Trinajstić information content (AvgIpc) is 0.748. The van der Waals surface area contributed by atoms with Crippen LogP contribution in [0, 0.1) is 0 Å². The summed E-state index contributed by atoms with van der Waals surface area (Å²) in [5, 5.41) is 10.7. The number of nitrogens with one attached hydrogen (secondary N) is 4. The lowest BCUT2D eigenvalue weighted by atomic mass is 10.1. The Labute approximate surface area is 791 Å². The molecule has 12 rings (SSSR count). The van der Waals surface area contributed by atoms with Crippen LogP contribution in [0.25, 0.3) is 0 Å². The van der Waals surface area contributed by atoms with E-state index in [2.05, 4.69) is 99.5 Å². The Balaban J connectivity index is 0.000000328. The molecule has 690 valence electrons. The minimum atomic E-state index is -4.16. The van der Waals surface area contributed by atoms with Crippen LogP contribution in [0.3, 0.4) is 0 Å². The molecule has 8 N–H and O–H groups in total. The van der Waals surface area contributed by atoms with E-state index < -0.39 is 107 Å². The van der Waals surface area contributed by atoms with Crippen LogP contribution in [0.5, 0.6) is 57.5 Å². The summed E-state index contributed by atoms with van der Waals surface area (Å²) in [5.41, 5.74) is 11.1. The van der Waals surface area contributed by atoms with Crippen molar-refractivity contribution in [1.29, 1.82) is 0 Å². The maximum Gasteiger partial charge on any atom is 0.331 e. The number of carbonyl (C=O) groups is 7. The van der Waals surface area contributed by atoms with Crippen molar-refractivity contribution in [1.82, 2.24) is 21.3 Å². The van der Waals surface area contributed by atoms with Crippen LogP contribution in [0.15, 0.2) is 297 Å². The SMILES string of the molecule is C.COC(=O)C(CN)(CN)S(=O)(=O)c1ccc(Oc2ccccc2)cc1.COC(=O)C1(S(=O)(=O)c2ccc(Oc3ccccc3)cc2)CNC(=O)NC1.COC(=O)C1(S(=O)(=O)c2ccc(Oc3ccccc3)cc2)CNC(=S)NC1.COC(=O)CBr.COC(=O)CS(=O)(=O)c1ccc(Oc2ccccc2)cc1.O=C(Cl)Cl.S=C(Cl)Cl.Sc1ccc(Oc2ccccc2)cc1. The van der Waals surface area contributed by atoms with Gasteiger partial charge in [-0.25, -0.2) is 38.5 Å². The number of hydrogen-bond acceptors (Lipinski definition) is 30. The van der Waals surface area contributed by atoms with E-state index in [1.165, 1.54) is 92.0 Å². The highest BCUT2D eigenvalue weighted by atomic mass is 79.9. The fourth-order valence-corrected chi connectivity index (χ4v) is 17.5. The summed E-state index contributed by atoms with van der Waals surface area (Å²) in [6.07, 6.45) is 0. The van der Waals surface area contributed by atoms with Gasteiger partial charge in [-0.3, -0.25) is 28.8 Å². The number of sulfone groups is 4. The average molecular weight is 2050 g/mol. The van der Waals surface area contributed by atoms with Crippen molar-refractivity contribution in [2.75, 3.05) is 85.9 Å². The second-order valence-corrected chi connectivity index (χ2v) is 38.3. The number of carbonyl (C=O) groups excluding carboxylic acids is 7. The second kappa shape index (κ2) is 54.5. The lowest BCUT2D eigenvalue weighted by molar-refractivity contribution is -0.144. The first-order valence-corrected chi connectivity index (χ1v) is 46.7. The first-order valence-electron chi connectivity index (χ1n) is 36.7. The third-order valence-corrected chi connectivity index (χ3v) is 27.0. The molecule has 0 bridgehead atoms. The summed E-state index contributed by atoms with van der Waals surface area (Å²) in [5.74, 6) is 1.59. The predicted molar refractivity (Wildman–Crippen MR) is 504 cm³/mol. The van der Waals surface area contributed by atoms with Gasteiger partial charge in [0.2, 0.25) is 9.49 Å².